The van der Waals surface area contributed by atoms with E-state index < -0.39 is 0 Å². The Balaban J connectivity index is 1.56. The Hall–Kier alpha value is -2.82. The summed E-state index contributed by atoms with van der Waals surface area (Å²) in [5.41, 5.74) is 3.05. The first-order valence-electron chi connectivity index (χ1n) is 8.93. The highest BCUT2D eigenvalue weighted by Gasteiger charge is 2.22. The van der Waals surface area contributed by atoms with Crippen LogP contribution in [0.15, 0.2) is 48.5 Å². The molecule has 1 aliphatic rings. The van der Waals surface area contributed by atoms with Gasteiger partial charge in [0.15, 0.2) is 6.61 Å². The lowest BCUT2D eigenvalue weighted by Gasteiger charge is -2.18. The molecule has 3 rings (SSSR count). The number of carbonyl (C=O) groups is 2. The summed E-state index contributed by atoms with van der Waals surface area (Å²) in [5.74, 6) is 0.538. The minimum atomic E-state index is -0.177. The molecule has 0 radical (unpaired) electrons. The predicted octanol–water partition coefficient (Wildman–Crippen LogP) is 3.38. The summed E-state index contributed by atoms with van der Waals surface area (Å²) >= 11 is 0. The average molecular weight is 352 g/mol. The Morgan fingerprint density at radius 1 is 1.23 bits per heavy atom. The van der Waals surface area contributed by atoms with Crippen LogP contribution in [0, 0.1) is 6.92 Å². The van der Waals surface area contributed by atoms with Gasteiger partial charge in [-0.2, -0.15) is 0 Å². The topological polar surface area (TPSA) is 58.6 Å². The molecule has 0 aromatic heterocycles. The van der Waals surface area contributed by atoms with Crippen molar-refractivity contribution in [1.29, 1.82) is 0 Å². The van der Waals surface area contributed by atoms with Crippen molar-refractivity contribution in [2.45, 2.75) is 32.7 Å². The molecule has 5 heteroatoms. The second-order valence-corrected chi connectivity index (χ2v) is 6.58. The Kier molecular flexibility index (Phi) is 5.56. The number of benzene rings is 2. The maximum atomic E-state index is 12.2. The zero-order valence-electron chi connectivity index (χ0n) is 15.2. The molecule has 1 unspecified atom stereocenters. The number of carbonyl (C=O) groups excluding carboxylic acids is 2. The number of hydrogen-bond donors (Lipinski definition) is 1. The molecule has 1 saturated heterocycles. The van der Waals surface area contributed by atoms with Gasteiger partial charge < -0.3 is 15.0 Å². The van der Waals surface area contributed by atoms with E-state index in [4.69, 9.17) is 4.74 Å². The van der Waals surface area contributed by atoms with Crippen LogP contribution in [0.4, 0.5) is 5.69 Å². The molecule has 1 fully saturated rings. The third-order valence-corrected chi connectivity index (χ3v) is 4.61. The van der Waals surface area contributed by atoms with Crippen molar-refractivity contribution >= 4 is 17.5 Å². The molecule has 0 spiro atoms. The van der Waals surface area contributed by atoms with Gasteiger partial charge in [-0.25, -0.2) is 0 Å². The smallest absolute Gasteiger partial charge is 0.258 e. The van der Waals surface area contributed by atoms with Crippen LogP contribution >= 0.6 is 0 Å². The van der Waals surface area contributed by atoms with Crippen LogP contribution in [-0.2, 0) is 9.59 Å². The molecule has 2 aromatic carbocycles. The van der Waals surface area contributed by atoms with Gasteiger partial charge in [-0.05, 0) is 43.5 Å². The highest BCUT2D eigenvalue weighted by Crippen LogP contribution is 2.25. The van der Waals surface area contributed by atoms with Gasteiger partial charge in [0.25, 0.3) is 5.91 Å². The van der Waals surface area contributed by atoms with Gasteiger partial charge in [0.1, 0.15) is 5.75 Å². The van der Waals surface area contributed by atoms with E-state index in [1.807, 2.05) is 50.2 Å². The molecular formula is C21H24N2O3. The highest BCUT2D eigenvalue weighted by molar-refractivity contribution is 5.95. The lowest BCUT2D eigenvalue weighted by atomic mass is 10.0. The van der Waals surface area contributed by atoms with Crippen LogP contribution in [0.25, 0.3) is 0 Å². The standard InChI is InChI=1S/C21H24N2O3/c1-15-7-3-4-10-19(15)16(2)22-20(24)14-26-18-9-5-8-17(13-18)23-12-6-11-21(23)25/h3-5,7-10,13,16H,6,11-12,14H2,1-2H3,(H,22,24). The summed E-state index contributed by atoms with van der Waals surface area (Å²) in [6.45, 7) is 4.66. The highest BCUT2D eigenvalue weighted by atomic mass is 16.5. The fraction of sp³-hybridized carbons (Fsp3) is 0.333. The summed E-state index contributed by atoms with van der Waals surface area (Å²) in [4.78, 5) is 25.8. The fourth-order valence-corrected chi connectivity index (χ4v) is 3.24. The van der Waals surface area contributed by atoms with Gasteiger partial charge in [-0.3, -0.25) is 9.59 Å². The van der Waals surface area contributed by atoms with Crippen molar-refractivity contribution in [3.63, 3.8) is 0 Å². The number of hydrogen-bond acceptors (Lipinski definition) is 3. The largest absolute Gasteiger partial charge is 0.484 e. The Morgan fingerprint density at radius 2 is 2.04 bits per heavy atom. The van der Waals surface area contributed by atoms with Crippen LogP contribution in [0.5, 0.6) is 5.75 Å². The first-order valence-corrected chi connectivity index (χ1v) is 8.93. The van der Waals surface area contributed by atoms with Crippen molar-refractivity contribution in [3.05, 3.63) is 59.7 Å². The second-order valence-electron chi connectivity index (χ2n) is 6.58. The number of anilines is 1. The molecule has 0 bridgehead atoms. The van der Waals surface area contributed by atoms with Gasteiger partial charge in [-0.15, -0.1) is 0 Å². The summed E-state index contributed by atoms with van der Waals surface area (Å²) in [5, 5.41) is 2.96. The zero-order chi connectivity index (χ0) is 18.5. The van der Waals surface area contributed by atoms with Gasteiger partial charge in [0, 0.05) is 24.7 Å². The van der Waals surface area contributed by atoms with Crippen molar-refractivity contribution < 1.29 is 14.3 Å². The first-order chi connectivity index (χ1) is 12.5. The molecule has 1 N–H and O–H groups in total. The second kappa shape index (κ2) is 8.04. The first kappa shape index (κ1) is 18.0. The third-order valence-electron chi connectivity index (χ3n) is 4.61. The minimum absolute atomic E-state index is 0.0619. The van der Waals surface area contributed by atoms with E-state index >= 15 is 0 Å². The fourth-order valence-electron chi connectivity index (χ4n) is 3.24. The minimum Gasteiger partial charge on any atom is -0.484 e. The lowest BCUT2D eigenvalue weighted by Crippen LogP contribution is -2.31. The molecule has 136 valence electrons. The van der Waals surface area contributed by atoms with Crippen LogP contribution in [0.2, 0.25) is 0 Å². The van der Waals surface area contributed by atoms with E-state index in [0.29, 0.717) is 12.2 Å². The zero-order valence-corrected chi connectivity index (χ0v) is 15.2. The molecule has 1 heterocycles. The Bertz CT molecular complexity index is 803. The van der Waals surface area contributed by atoms with E-state index in [0.717, 1.165) is 29.8 Å². The van der Waals surface area contributed by atoms with Crippen LogP contribution in [0.1, 0.15) is 36.9 Å². The monoisotopic (exact) mass is 352 g/mol. The van der Waals surface area contributed by atoms with E-state index in [2.05, 4.69) is 5.32 Å². The van der Waals surface area contributed by atoms with Crippen molar-refractivity contribution in [2.75, 3.05) is 18.1 Å². The summed E-state index contributed by atoms with van der Waals surface area (Å²) in [7, 11) is 0. The molecule has 1 aliphatic heterocycles. The molecular weight excluding hydrogens is 328 g/mol. The lowest BCUT2D eigenvalue weighted by molar-refractivity contribution is -0.123. The molecule has 0 aliphatic carbocycles. The third kappa shape index (κ3) is 4.23. The van der Waals surface area contributed by atoms with E-state index in [-0.39, 0.29) is 24.5 Å². The predicted molar refractivity (Wildman–Crippen MR) is 101 cm³/mol. The van der Waals surface area contributed by atoms with E-state index in [9.17, 15) is 9.59 Å². The quantitative estimate of drug-likeness (QED) is 0.867. The van der Waals surface area contributed by atoms with Crippen molar-refractivity contribution in [2.24, 2.45) is 0 Å². The number of ether oxygens (including phenoxy) is 1. The normalized spacial score (nSPS) is 15.0. The Morgan fingerprint density at radius 3 is 2.77 bits per heavy atom. The summed E-state index contributed by atoms with van der Waals surface area (Å²) in [6.07, 6.45) is 1.47. The number of aryl methyl sites for hydroxylation is 1. The number of nitrogens with one attached hydrogen (secondary N) is 1. The molecule has 5 nitrogen and oxygen atoms in total. The maximum absolute atomic E-state index is 12.2. The summed E-state index contributed by atoms with van der Waals surface area (Å²) in [6, 6.07) is 15.2. The van der Waals surface area contributed by atoms with E-state index in [1.165, 1.54) is 0 Å². The molecule has 26 heavy (non-hydrogen) atoms. The van der Waals surface area contributed by atoms with E-state index in [1.54, 1.807) is 17.0 Å². The van der Waals surface area contributed by atoms with Crippen molar-refractivity contribution in [1.82, 2.24) is 5.32 Å². The van der Waals surface area contributed by atoms with Gasteiger partial charge >= 0.3 is 0 Å². The number of nitrogens with zero attached hydrogens (tertiary/aromatic N) is 1. The van der Waals surface area contributed by atoms with Crippen molar-refractivity contribution in [3.8, 4) is 5.75 Å². The molecule has 2 aromatic rings. The molecule has 0 saturated carbocycles. The number of rotatable bonds is 6. The molecule has 2 amide bonds. The van der Waals surface area contributed by atoms with Gasteiger partial charge in [-0.1, -0.05) is 30.3 Å². The van der Waals surface area contributed by atoms with Crippen LogP contribution in [0.3, 0.4) is 0 Å². The maximum Gasteiger partial charge on any atom is 0.258 e. The van der Waals surface area contributed by atoms with Crippen LogP contribution < -0.4 is 15.0 Å². The SMILES string of the molecule is Cc1ccccc1C(C)NC(=O)COc1cccc(N2CCCC2=O)c1. The Labute approximate surface area is 154 Å². The van der Waals surface area contributed by atoms with Gasteiger partial charge in [0.2, 0.25) is 5.91 Å². The summed E-state index contributed by atoms with van der Waals surface area (Å²) < 4.78 is 5.62. The average Bonchev–Trinajstić information content (AvgIpc) is 3.06. The molecule has 1 atom stereocenters. The van der Waals surface area contributed by atoms with Gasteiger partial charge in [0.05, 0.1) is 6.04 Å². The van der Waals surface area contributed by atoms with Crippen LogP contribution in [-0.4, -0.2) is 25.0 Å². The number of amides is 2.